The van der Waals surface area contributed by atoms with Gasteiger partial charge in [-0.25, -0.2) is 0 Å². The number of aliphatic hydroxyl groups excluding tert-OH is 1. The number of ether oxygens (including phenoxy) is 2. The first-order valence-corrected chi connectivity index (χ1v) is 25.5. The van der Waals surface area contributed by atoms with E-state index in [0.29, 0.717) is 19.6 Å². The third-order valence-electron chi connectivity index (χ3n) is 11.0. The molecule has 1 unspecified atom stereocenters. The quantitative estimate of drug-likeness (QED) is 0.0377. The van der Waals surface area contributed by atoms with E-state index in [2.05, 4.69) is 86.8 Å². The van der Waals surface area contributed by atoms with Gasteiger partial charge >= 0.3 is 5.97 Å². The number of esters is 1. The van der Waals surface area contributed by atoms with Crippen molar-refractivity contribution in [2.24, 2.45) is 0 Å². The van der Waals surface area contributed by atoms with E-state index in [9.17, 15) is 9.90 Å². The molecule has 0 aromatic carbocycles. The van der Waals surface area contributed by atoms with Crippen molar-refractivity contribution in [2.75, 3.05) is 19.8 Å². The zero-order valence-electron chi connectivity index (χ0n) is 39.3. The number of hydrogen-bond acceptors (Lipinski definition) is 4. The van der Waals surface area contributed by atoms with Crippen LogP contribution in [0.5, 0.6) is 0 Å². The Morgan fingerprint density at radius 2 is 0.763 bits per heavy atom. The first-order chi connectivity index (χ1) is 29.2. The number of carbonyl (C=O) groups excluding carboxylic acids is 1. The van der Waals surface area contributed by atoms with Crippen molar-refractivity contribution in [3.63, 3.8) is 0 Å². The van der Waals surface area contributed by atoms with E-state index in [1.165, 1.54) is 173 Å². The van der Waals surface area contributed by atoms with Gasteiger partial charge in [0.15, 0.2) is 0 Å². The highest BCUT2D eigenvalue weighted by atomic mass is 16.6. The summed E-state index contributed by atoms with van der Waals surface area (Å²) in [5, 5.41) is 9.65. The van der Waals surface area contributed by atoms with Crippen LogP contribution in [0.2, 0.25) is 0 Å². The minimum Gasteiger partial charge on any atom is -0.457 e. The summed E-state index contributed by atoms with van der Waals surface area (Å²) < 4.78 is 11.2. The summed E-state index contributed by atoms with van der Waals surface area (Å²) >= 11 is 0. The Bertz CT molecular complexity index is 1000. The van der Waals surface area contributed by atoms with Gasteiger partial charge in [-0.2, -0.15) is 0 Å². The molecule has 0 amide bonds. The lowest BCUT2D eigenvalue weighted by Crippen LogP contribution is -2.27. The molecule has 0 saturated carbocycles. The monoisotopic (exact) mass is 823 g/mol. The van der Waals surface area contributed by atoms with E-state index in [-0.39, 0.29) is 12.6 Å². The average molecular weight is 823 g/mol. The highest BCUT2D eigenvalue weighted by Gasteiger charge is 2.13. The van der Waals surface area contributed by atoms with Crippen LogP contribution >= 0.6 is 0 Å². The maximum Gasteiger partial charge on any atom is 0.306 e. The van der Waals surface area contributed by atoms with Crippen LogP contribution in [0.3, 0.4) is 0 Å². The number of hydrogen-bond donors (Lipinski definition) is 1. The van der Waals surface area contributed by atoms with Crippen LogP contribution in [0.4, 0.5) is 0 Å². The Morgan fingerprint density at radius 1 is 0.424 bits per heavy atom. The third kappa shape index (κ3) is 50.1. The molecule has 0 fully saturated rings. The molecule has 0 aromatic rings. The molecule has 0 heterocycles. The molecule has 0 rings (SSSR count). The number of rotatable bonds is 47. The molecule has 0 saturated heterocycles. The van der Waals surface area contributed by atoms with Crippen molar-refractivity contribution >= 4 is 5.97 Å². The van der Waals surface area contributed by atoms with E-state index in [4.69, 9.17) is 9.47 Å². The lowest BCUT2D eigenvalue weighted by Gasteiger charge is -2.16. The summed E-state index contributed by atoms with van der Waals surface area (Å²) in [4.78, 5) is 12.3. The second-order valence-corrected chi connectivity index (χ2v) is 16.9. The zero-order valence-corrected chi connectivity index (χ0v) is 39.3. The minimum atomic E-state index is -0.542. The van der Waals surface area contributed by atoms with Crippen LogP contribution in [-0.4, -0.2) is 37.0 Å². The van der Waals surface area contributed by atoms with E-state index < -0.39 is 6.10 Å². The summed E-state index contributed by atoms with van der Waals surface area (Å²) in [5.74, 6) is -0.203. The van der Waals surface area contributed by atoms with Crippen molar-refractivity contribution < 1.29 is 19.4 Å². The summed E-state index contributed by atoms with van der Waals surface area (Å²) in [6, 6.07) is 0. The molecular weight excluding hydrogens is 725 g/mol. The van der Waals surface area contributed by atoms with E-state index in [0.717, 1.165) is 51.4 Å². The largest absolute Gasteiger partial charge is 0.457 e. The van der Waals surface area contributed by atoms with Crippen molar-refractivity contribution in [2.45, 2.75) is 251 Å². The Morgan fingerprint density at radius 3 is 1.15 bits per heavy atom. The van der Waals surface area contributed by atoms with Gasteiger partial charge in [-0.1, -0.05) is 228 Å². The minimum absolute atomic E-state index is 0.176. The van der Waals surface area contributed by atoms with Gasteiger partial charge in [0.25, 0.3) is 0 Å². The number of allylic oxidation sites excluding steroid dienone is 12. The SMILES string of the molecule is CC/C=C\C/C=C\C/C=C\C/C=C\CCCCCCCCCCCOCC(CO)OC(=O)CCCCCCCCCCCCCCC/C=C\C/C=C\CCCCCCC. The highest BCUT2D eigenvalue weighted by Crippen LogP contribution is 2.15. The predicted octanol–water partition coefficient (Wildman–Crippen LogP) is 17.3. The van der Waals surface area contributed by atoms with Crippen molar-refractivity contribution in [3.05, 3.63) is 72.9 Å². The molecular formula is C55H98O4. The summed E-state index contributed by atoms with van der Waals surface area (Å²) in [6.07, 6.45) is 71.3. The number of aliphatic hydroxyl groups is 1. The Hall–Kier alpha value is -2.17. The van der Waals surface area contributed by atoms with Crippen LogP contribution < -0.4 is 0 Å². The Kier molecular flexibility index (Phi) is 50.1. The smallest absolute Gasteiger partial charge is 0.306 e. The lowest BCUT2D eigenvalue weighted by molar-refractivity contribution is -0.154. The molecule has 0 aromatic heterocycles. The fraction of sp³-hybridized carbons (Fsp3) is 0.764. The molecule has 4 nitrogen and oxygen atoms in total. The number of unbranched alkanes of at least 4 members (excludes halogenated alkanes) is 27. The molecule has 1 atom stereocenters. The second-order valence-electron chi connectivity index (χ2n) is 16.9. The van der Waals surface area contributed by atoms with Gasteiger partial charge in [0.05, 0.1) is 13.2 Å². The van der Waals surface area contributed by atoms with Crippen molar-refractivity contribution in [3.8, 4) is 0 Å². The van der Waals surface area contributed by atoms with Crippen LogP contribution in [0.1, 0.15) is 245 Å². The highest BCUT2D eigenvalue weighted by molar-refractivity contribution is 5.69. The van der Waals surface area contributed by atoms with E-state index in [1.807, 2.05) is 0 Å². The second kappa shape index (κ2) is 52.0. The van der Waals surface area contributed by atoms with Gasteiger partial charge in [-0.15, -0.1) is 0 Å². The van der Waals surface area contributed by atoms with Gasteiger partial charge in [0.1, 0.15) is 6.10 Å². The molecule has 1 N–H and O–H groups in total. The van der Waals surface area contributed by atoms with Crippen LogP contribution in [0.15, 0.2) is 72.9 Å². The molecule has 0 bridgehead atoms. The van der Waals surface area contributed by atoms with Crippen LogP contribution in [0, 0.1) is 0 Å². The van der Waals surface area contributed by atoms with E-state index >= 15 is 0 Å². The average Bonchev–Trinajstić information content (AvgIpc) is 3.24. The van der Waals surface area contributed by atoms with Gasteiger partial charge in [0, 0.05) is 13.0 Å². The summed E-state index contributed by atoms with van der Waals surface area (Å²) in [7, 11) is 0. The normalized spacial score (nSPS) is 12.9. The molecule has 4 heteroatoms. The molecule has 342 valence electrons. The predicted molar refractivity (Wildman–Crippen MR) is 260 cm³/mol. The van der Waals surface area contributed by atoms with Gasteiger partial charge < -0.3 is 14.6 Å². The van der Waals surface area contributed by atoms with E-state index in [1.54, 1.807) is 0 Å². The van der Waals surface area contributed by atoms with Gasteiger partial charge in [-0.05, 0) is 83.5 Å². The van der Waals surface area contributed by atoms with Crippen molar-refractivity contribution in [1.29, 1.82) is 0 Å². The first-order valence-electron chi connectivity index (χ1n) is 25.5. The number of carbonyl (C=O) groups is 1. The Labute approximate surface area is 367 Å². The maximum absolute atomic E-state index is 12.3. The third-order valence-corrected chi connectivity index (χ3v) is 11.0. The summed E-state index contributed by atoms with van der Waals surface area (Å²) in [5.41, 5.74) is 0. The molecule has 0 spiro atoms. The first kappa shape index (κ1) is 56.8. The van der Waals surface area contributed by atoms with Gasteiger partial charge in [0.2, 0.25) is 0 Å². The molecule has 0 aliphatic heterocycles. The molecule has 59 heavy (non-hydrogen) atoms. The van der Waals surface area contributed by atoms with Crippen LogP contribution in [0.25, 0.3) is 0 Å². The molecule has 0 aliphatic carbocycles. The fourth-order valence-electron chi connectivity index (χ4n) is 7.23. The van der Waals surface area contributed by atoms with Crippen LogP contribution in [-0.2, 0) is 14.3 Å². The molecule has 0 aliphatic rings. The standard InChI is InChI=1S/C55H98O4/c1-3-5-7-9-11-13-15-17-19-21-23-25-27-28-29-30-32-34-36-38-40-42-44-46-48-50-55(57)59-54(52-56)53-58-51-49-47-45-43-41-39-37-35-33-31-26-24-22-20-18-16-14-12-10-8-6-4-2/h6,8,12,14-15,17-18,20-21,23-24,26,54,56H,3-5,7,9-11,13,16,19,22,25,27-53H2,1-2H3/b8-6-,14-12-,17-15-,20-18-,23-21-,26-24-. The Balaban J connectivity index is 3.43. The maximum atomic E-state index is 12.3. The lowest BCUT2D eigenvalue weighted by atomic mass is 10.0. The summed E-state index contributed by atoms with van der Waals surface area (Å²) in [6.45, 7) is 5.23. The zero-order chi connectivity index (χ0) is 42.6. The molecule has 0 radical (unpaired) electrons. The van der Waals surface area contributed by atoms with Crippen molar-refractivity contribution in [1.82, 2.24) is 0 Å². The fourth-order valence-corrected chi connectivity index (χ4v) is 7.23. The topological polar surface area (TPSA) is 55.8 Å². The van der Waals surface area contributed by atoms with Gasteiger partial charge in [-0.3, -0.25) is 4.79 Å².